The van der Waals surface area contributed by atoms with Crippen molar-refractivity contribution in [2.45, 2.75) is 18.9 Å². The Morgan fingerprint density at radius 3 is 2.57 bits per heavy atom. The quantitative estimate of drug-likeness (QED) is 0.470. The summed E-state index contributed by atoms with van der Waals surface area (Å²) in [6.07, 6.45) is 1.01. The minimum absolute atomic E-state index is 0.0278. The molecule has 0 amide bonds. The molecule has 0 aromatic carbocycles. The van der Waals surface area contributed by atoms with E-state index in [1.807, 2.05) is 6.92 Å². The Kier molecular flexibility index (Phi) is 1.05. The smallest absolute Gasteiger partial charge is 0.0644 e. The number of hydrogen-bond acceptors (Lipinski definition) is 2. The van der Waals surface area contributed by atoms with Crippen molar-refractivity contribution in [2.75, 3.05) is 13.2 Å². The predicted molar refractivity (Wildman–Crippen MR) is 28.0 cm³/mol. The van der Waals surface area contributed by atoms with Gasteiger partial charge in [0, 0.05) is 12.1 Å². The highest BCUT2D eigenvalue weighted by Crippen LogP contribution is 2.12. The van der Waals surface area contributed by atoms with Crippen LogP contribution in [0.3, 0.4) is 0 Å². The molecule has 0 bridgehead atoms. The molecule has 0 spiro atoms. The maximum atomic E-state index is 5.65. The zero-order valence-corrected chi connectivity index (χ0v) is 4.61. The van der Waals surface area contributed by atoms with Gasteiger partial charge in [0.05, 0.1) is 6.61 Å². The average Bonchev–Trinajstić information content (AvgIpc) is 1.84. The fraction of sp³-hybridized carbons (Fsp3) is 1.00. The Morgan fingerprint density at radius 2 is 2.43 bits per heavy atom. The van der Waals surface area contributed by atoms with E-state index in [4.69, 9.17) is 10.5 Å². The van der Waals surface area contributed by atoms with Gasteiger partial charge in [0.25, 0.3) is 0 Å². The van der Waals surface area contributed by atoms with Crippen LogP contribution in [0, 0.1) is 0 Å². The molecule has 0 aromatic heterocycles. The zero-order valence-electron chi connectivity index (χ0n) is 4.61. The number of hydrogen-bond donors (Lipinski definition) is 1. The molecule has 2 N–H and O–H groups in total. The minimum Gasteiger partial charge on any atom is -0.379 e. The highest BCUT2D eigenvalue weighted by atomic mass is 16.5. The van der Waals surface area contributed by atoms with Crippen molar-refractivity contribution in [2.24, 2.45) is 5.73 Å². The van der Waals surface area contributed by atoms with Gasteiger partial charge in [0.1, 0.15) is 0 Å². The van der Waals surface area contributed by atoms with Gasteiger partial charge in [0.15, 0.2) is 0 Å². The van der Waals surface area contributed by atoms with Crippen LogP contribution >= 0.6 is 0 Å². The first-order chi connectivity index (χ1) is 3.21. The third kappa shape index (κ3) is 1.14. The fourth-order valence-electron chi connectivity index (χ4n) is 0.683. The maximum Gasteiger partial charge on any atom is 0.0644 e. The summed E-state index contributed by atoms with van der Waals surface area (Å²) in [5.74, 6) is 0. The van der Waals surface area contributed by atoms with Gasteiger partial charge in [-0.1, -0.05) is 0 Å². The van der Waals surface area contributed by atoms with E-state index in [9.17, 15) is 0 Å². The van der Waals surface area contributed by atoms with E-state index >= 15 is 0 Å². The van der Waals surface area contributed by atoms with Gasteiger partial charge in [-0.25, -0.2) is 0 Å². The minimum atomic E-state index is -0.0278. The molecule has 2 nitrogen and oxygen atoms in total. The van der Waals surface area contributed by atoms with E-state index in [1.54, 1.807) is 0 Å². The first-order valence-corrected chi connectivity index (χ1v) is 2.57. The summed E-state index contributed by atoms with van der Waals surface area (Å²) in [6.45, 7) is 3.58. The Bertz CT molecular complexity index is 62.5. The molecule has 1 aliphatic heterocycles. The molecule has 1 rings (SSSR count). The normalized spacial score (nSPS) is 42.0. The molecule has 1 fully saturated rings. The van der Waals surface area contributed by atoms with Crippen LogP contribution in [0.25, 0.3) is 0 Å². The van der Waals surface area contributed by atoms with E-state index in [-0.39, 0.29) is 5.54 Å². The van der Waals surface area contributed by atoms with Crippen LogP contribution in [0.4, 0.5) is 0 Å². The molecule has 0 aliphatic carbocycles. The monoisotopic (exact) mass is 101 g/mol. The lowest BCUT2D eigenvalue weighted by atomic mass is 10.0. The number of nitrogens with two attached hydrogens (primary N) is 1. The maximum absolute atomic E-state index is 5.65. The topological polar surface area (TPSA) is 35.2 Å². The molecule has 1 atom stereocenters. The Labute approximate surface area is 43.6 Å². The van der Waals surface area contributed by atoms with Gasteiger partial charge in [-0.15, -0.1) is 0 Å². The third-order valence-electron chi connectivity index (χ3n) is 1.25. The van der Waals surface area contributed by atoms with Crippen LogP contribution in [-0.4, -0.2) is 18.8 Å². The molecule has 1 heterocycles. The second-order valence-corrected chi connectivity index (χ2v) is 2.46. The molecule has 1 saturated heterocycles. The van der Waals surface area contributed by atoms with Gasteiger partial charge in [-0.05, 0) is 13.3 Å². The van der Waals surface area contributed by atoms with Crippen molar-refractivity contribution in [1.82, 2.24) is 0 Å². The summed E-state index contributed by atoms with van der Waals surface area (Å²) < 4.78 is 5.03. The van der Waals surface area contributed by atoms with Crippen molar-refractivity contribution in [3.05, 3.63) is 0 Å². The van der Waals surface area contributed by atoms with E-state index in [0.717, 1.165) is 19.6 Å². The molecule has 0 aromatic rings. The van der Waals surface area contributed by atoms with Crippen LogP contribution in [0.15, 0.2) is 0 Å². The van der Waals surface area contributed by atoms with Crippen molar-refractivity contribution < 1.29 is 4.74 Å². The van der Waals surface area contributed by atoms with E-state index in [2.05, 4.69) is 0 Å². The Morgan fingerprint density at radius 1 is 1.71 bits per heavy atom. The lowest BCUT2D eigenvalue weighted by Gasteiger charge is -2.11. The molecular weight excluding hydrogens is 90.1 g/mol. The molecule has 42 valence electrons. The summed E-state index contributed by atoms with van der Waals surface area (Å²) in [5, 5.41) is 0. The standard InChI is InChI=1S/C5H11NO/c1-5(6)2-3-7-4-5/h2-4,6H2,1H3/t5-/m1/s1. The van der Waals surface area contributed by atoms with Gasteiger partial charge in [-0.3, -0.25) is 0 Å². The second-order valence-electron chi connectivity index (χ2n) is 2.46. The molecule has 0 radical (unpaired) electrons. The third-order valence-corrected chi connectivity index (χ3v) is 1.25. The lowest BCUT2D eigenvalue weighted by molar-refractivity contribution is 0.182. The van der Waals surface area contributed by atoms with Crippen molar-refractivity contribution >= 4 is 0 Å². The fourth-order valence-corrected chi connectivity index (χ4v) is 0.683. The van der Waals surface area contributed by atoms with Gasteiger partial charge in [0.2, 0.25) is 0 Å². The molecule has 2 heteroatoms. The van der Waals surface area contributed by atoms with E-state index in [0.29, 0.717) is 0 Å². The highest BCUT2D eigenvalue weighted by molar-refractivity contribution is 4.81. The zero-order chi connectivity index (χ0) is 5.33. The van der Waals surface area contributed by atoms with Gasteiger partial charge < -0.3 is 10.5 Å². The first kappa shape index (κ1) is 5.06. The van der Waals surface area contributed by atoms with Gasteiger partial charge in [-0.2, -0.15) is 0 Å². The van der Waals surface area contributed by atoms with Crippen LogP contribution in [0.1, 0.15) is 13.3 Å². The average molecular weight is 101 g/mol. The van der Waals surface area contributed by atoms with Crippen molar-refractivity contribution in [3.63, 3.8) is 0 Å². The van der Waals surface area contributed by atoms with Gasteiger partial charge >= 0.3 is 0 Å². The molecular formula is C5H11NO. The van der Waals surface area contributed by atoms with Crippen molar-refractivity contribution in [1.29, 1.82) is 0 Å². The highest BCUT2D eigenvalue weighted by Gasteiger charge is 2.23. The summed E-state index contributed by atoms with van der Waals surface area (Å²) in [5.41, 5.74) is 5.62. The SMILES string of the molecule is C[C@@]1(N)CCOC1. The van der Waals surface area contributed by atoms with Crippen LogP contribution in [0.5, 0.6) is 0 Å². The number of rotatable bonds is 0. The Hall–Kier alpha value is -0.0800. The van der Waals surface area contributed by atoms with Crippen molar-refractivity contribution in [3.8, 4) is 0 Å². The lowest BCUT2D eigenvalue weighted by Crippen LogP contribution is -2.35. The van der Waals surface area contributed by atoms with E-state index < -0.39 is 0 Å². The predicted octanol–water partition coefficient (Wildman–Crippen LogP) is 0.124. The van der Waals surface area contributed by atoms with Crippen LogP contribution < -0.4 is 5.73 Å². The molecule has 0 saturated carbocycles. The van der Waals surface area contributed by atoms with Crippen LogP contribution in [0.2, 0.25) is 0 Å². The first-order valence-electron chi connectivity index (χ1n) is 2.57. The largest absolute Gasteiger partial charge is 0.379 e. The van der Waals surface area contributed by atoms with E-state index in [1.165, 1.54) is 0 Å². The molecule has 7 heavy (non-hydrogen) atoms. The molecule has 0 unspecified atom stereocenters. The summed E-state index contributed by atoms with van der Waals surface area (Å²) in [7, 11) is 0. The molecule has 1 aliphatic rings. The Balaban J connectivity index is 2.40. The van der Waals surface area contributed by atoms with Crippen LogP contribution in [-0.2, 0) is 4.74 Å². The number of ether oxygens (including phenoxy) is 1. The summed E-state index contributed by atoms with van der Waals surface area (Å²) >= 11 is 0. The summed E-state index contributed by atoms with van der Waals surface area (Å²) in [4.78, 5) is 0. The summed E-state index contributed by atoms with van der Waals surface area (Å²) in [6, 6.07) is 0. The second kappa shape index (κ2) is 1.46.